The fraction of sp³-hybridized carbons (Fsp3) is 0. The number of anilines is 2. The molecule has 0 amide bonds. The van der Waals surface area contributed by atoms with Crippen LogP contribution in [0.25, 0.3) is 11.3 Å². The molecular formula is C15H10Br2N2O. The van der Waals surface area contributed by atoms with E-state index in [-0.39, 0.29) is 0 Å². The van der Waals surface area contributed by atoms with Gasteiger partial charge in [0.25, 0.3) is 6.01 Å². The highest BCUT2D eigenvalue weighted by Crippen LogP contribution is 2.33. The Morgan fingerprint density at radius 2 is 1.75 bits per heavy atom. The molecule has 0 saturated carbocycles. The zero-order valence-corrected chi connectivity index (χ0v) is 13.5. The van der Waals surface area contributed by atoms with Crippen molar-refractivity contribution in [2.75, 3.05) is 5.32 Å². The molecule has 0 unspecified atom stereocenters. The molecule has 100 valence electrons. The number of aromatic nitrogens is 1. The van der Waals surface area contributed by atoms with Gasteiger partial charge in [0, 0.05) is 10.0 Å². The number of oxazole rings is 1. The van der Waals surface area contributed by atoms with Crippen LogP contribution in [0.1, 0.15) is 0 Å². The highest BCUT2D eigenvalue weighted by molar-refractivity contribution is 9.13. The molecule has 0 radical (unpaired) electrons. The summed E-state index contributed by atoms with van der Waals surface area (Å²) in [7, 11) is 0. The third-order valence-corrected chi connectivity index (χ3v) is 4.80. The second kappa shape index (κ2) is 5.81. The first-order valence-electron chi connectivity index (χ1n) is 5.96. The van der Waals surface area contributed by atoms with Crippen molar-refractivity contribution in [2.24, 2.45) is 0 Å². The highest BCUT2D eigenvalue weighted by Gasteiger charge is 2.09. The molecule has 1 heterocycles. The van der Waals surface area contributed by atoms with Gasteiger partial charge in [0.15, 0.2) is 5.76 Å². The number of hydrogen-bond donors (Lipinski definition) is 1. The van der Waals surface area contributed by atoms with Crippen molar-refractivity contribution in [1.82, 2.24) is 4.98 Å². The molecular weight excluding hydrogens is 384 g/mol. The molecule has 3 aromatic rings. The molecule has 0 aliphatic heterocycles. The smallest absolute Gasteiger partial charge is 0.299 e. The predicted octanol–water partition coefficient (Wildman–Crippen LogP) is 5.61. The minimum Gasteiger partial charge on any atom is -0.423 e. The lowest BCUT2D eigenvalue weighted by molar-refractivity contribution is 0.592. The van der Waals surface area contributed by atoms with Crippen LogP contribution in [-0.4, -0.2) is 4.98 Å². The number of nitrogens with one attached hydrogen (secondary N) is 1. The van der Waals surface area contributed by atoms with E-state index in [1.807, 2.05) is 48.5 Å². The average Bonchev–Trinajstić information content (AvgIpc) is 2.93. The first-order chi connectivity index (χ1) is 9.74. The molecule has 0 aliphatic carbocycles. The zero-order chi connectivity index (χ0) is 13.9. The fourth-order valence-electron chi connectivity index (χ4n) is 1.78. The summed E-state index contributed by atoms with van der Waals surface area (Å²) in [5.41, 5.74) is 1.89. The average molecular weight is 394 g/mol. The third-order valence-electron chi connectivity index (χ3n) is 2.76. The van der Waals surface area contributed by atoms with Crippen LogP contribution in [0, 0.1) is 0 Å². The summed E-state index contributed by atoms with van der Waals surface area (Å²) in [6.07, 6.45) is 1.71. The standard InChI is InChI=1S/C15H10Br2N2O/c16-11-7-4-8-12(14(11)17)19-15-18-9-13(20-15)10-5-2-1-3-6-10/h1-9H,(H,18,19). The summed E-state index contributed by atoms with van der Waals surface area (Å²) in [5.74, 6) is 0.735. The van der Waals surface area contributed by atoms with E-state index in [1.165, 1.54) is 0 Å². The van der Waals surface area contributed by atoms with Gasteiger partial charge < -0.3 is 9.73 Å². The molecule has 3 nitrogen and oxygen atoms in total. The van der Waals surface area contributed by atoms with Crippen LogP contribution in [-0.2, 0) is 0 Å². The molecule has 5 heteroatoms. The molecule has 1 aromatic heterocycles. The summed E-state index contributed by atoms with van der Waals surface area (Å²) >= 11 is 6.97. The maximum atomic E-state index is 5.71. The summed E-state index contributed by atoms with van der Waals surface area (Å²) in [4.78, 5) is 4.24. The van der Waals surface area contributed by atoms with E-state index >= 15 is 0 Å². The van der Waals surface area contributed by atoms with Crippen LogP contribution in [0.4, 0.5) is 11.7 Å². The van der Waals surface area contributed by atoms with Gasteiger partial charge in [-0.1, -0.05) is 36.4 Å². The lowest BCUT2D eigenvalue weighted by atomic mass is 10.2. The van der Waals surface area contributed by atoms with Gasteiger partial charge in [-0.15, -0.1) is 0 Å². The van der Waals surface area contributed by atoms with Gasteiger partial charge in [-0.25, -0.2) is 4.98 Å². The number of nitrogens with zero attached hydrogens (tertiary/aromatic N) is 1. The molecule has 0 spiro atoms. The van der Waals surface area contributed by atoms with Crippen molar-refractivity contribution in [3.05, 3.63) is 63.7 Å². The van der Waals surface area contributed by atoms with Gasteiger partial charge in [0.1, 0.15) is 0 Å². The van der Waals surface area contributed by atoms with Gasteiger partial charge in [-0.2, -0.15) is 0 Å². The minimum atomic E-state index is 0.461. The first kappa shape index (κ1) is 13.4. The molecule has 0 atom stereocenters. The monoisotopic (exact) mass is 392 g/mol. The third kappa shape index (κ3) is 2.78. The highest BCUT2D eigenvalue weighted by atomic mass is 79.9. The molecule has 2 aromatic carbocycles. The van der Waals surface area contributed by atoms with E-state index in [9.17, 15) is 0 Å². The van der Waals surface area contributed by atoms with Crippen molar-refractivity contribution in [1.29, 1.82) is 0 Å². The van der Waals surface area contributed by atoms with Gasteiger partial charge in [0.2, 0.25) is 0 Å². The van der Waals surface area contributed by atoms with Crippen LogP contribution >= 0.6 is 31.9 Å². The Morgan fingerprint density at radius 3 is 2.55 bits per heavy atom. The van der Waals surface area contributed by atoms with E-state index < -0.39 is 0 Å². The zero-order valence-electron chi connectivity index (χ0n) is 10.3. The maximum absolute atomic E-state index is 5.71. The molecule has 0 fully saturated rings. The molecule has 3 rings (SSSR count). The largest absolute Gasteiger partial charge is 0.423 e. The number of rotatable bonds is 3. The summed E-state index contributed by atoms with van der Waals surface area (Å²) in [6, 6.07) is 16.2. The van der Waals surface area contributed by atoms with Crippen molar-refractivity contribution in [3.63, 3.8) is 0 Å². The molecule has 20 heavy (non-hydrogen) atoms. The normalized spacial score (nSPS) is 10.5. The van der Waals surface area contributed by atoms with E-state index in [4.69, 9.17) is 4.42 Å². The minimum absolute atomic E-state index is 0.461. The summed E-state index contributed by atoms with van der Waals surface area (Å²) in [5, 5.41) is 3.15. The van der Waals surface area contributed by atoms with Crippen molar-refractivity contribution >= 4 is 43.6 Å². The molecule has 1 N–H and O–H groups in total. The van der Waals surface area contributed by atoms with Crippen molar-refractivity contribution in [2.45, 2.75) is 0 Å². The Hall–Kier alpha value is -1.59. The fourth-order valence-corrected chi connectivity index (χ4v) is 2.51. The quantitative estimate of drug-likeness (QED) is 0.628. The Bertz CT molecular complexity index is 726. The van der Waals surface area contributed by atoms with Crippen LogP contribution in [0.5, 0.6) is 0 Å². The maximum Gasteiger partial charge on any atom is 0.299 e. The van der Waals surface area contributed by atoms with Crippen LogP contribution < -0.4 is 5.32 Å². The van der Waals surface area contributed by atoms with Crippen LogP contribution in [0.3, 0.4) is 0 Å². The predicted molar refractivity (Wildman–Crippen MR) is 87.1 cm³/mol. The van der Waals surface area contributed by atoms with E-state index in [2.05, 4.69) is 42.2 Å². The topological polar surface area (TPSA) is 38.1 Å². The van der Waals surface area contributed by atoms with Crippen LogP contribution in [0.2, 0.25) is 0 Å². The van der Waals surface area contributed by atoms with Crippen molar-refractivity contribution in [3.8, 4) is 11.3 Å². The van der Waals surface area contributed by atoms with E-state index in [0.29, 0.717) is 6.01 Å². The lowest BCUT2D eigenvalue weighted by Crippen LogP contribution is -1.91. The lowest BCUT2D eigenvalue weighted by Gasteiger charge is -2.05. The Balaban J connectivity index is 1.86. The van der Waals surface area contributed by atoms with Crippen molar-refractivity contribution < 1.29 is 4.42 Å². The summed E-state index contributed by atoms with van der Waals surface area (Å²) in [6.45, 7) is 0. The summed E-state index contributed by atoms with van der Waals surface area (Å²) < 4.78 is 7.61. The van der Waals surface area contributed by atoms with Gasteiger partial charge in [-0.3, -0.25) is 0 Å². The number of benzene rings is 2. The first-order valence-corrected chi connectivity index (χ1v) is 7.55. The van der Waals surface area contributed by atoms with E-state index in [1.54, 1.807) is 6.20 Å². The molecule has 0 saturated heterocycles. The molecule has 0 aliphatic rings. The van der Waals surface area contributed by atoms with Gasteiger partial charge >= 0.3 is 0 Å². The van der Waals surface area contributed by atoms with Gasteiger partial charge in [0.05, 0.1) is 16.4 Å². The van der Waals surface area contributed by atoms with Crippen LogP contribution in [0.15, 0.2) is 68.1 Å². The SMILES string of the molecule is Brc1cccc(Nc2ncc(-c3ccccc3)o2)c1Br. The van der Waals surface area contributed by atoms with E-state index in [0.717, 1.165) is 26.0 Å². The second-order valence-electron chi connectivity index (χ2n) is 4.12. The Kier molecular flexibility index (Phi) is 3.89. The van der Waals surface area contributed by atoms with Gasteiger partial charge in [-0.05, 0) is 44.0 Å². The second-order valence-corrected chi connectivity index (χ2v) is 5.77. The Labute approximate surface area is 133 Å². The number of hydrogen-bond acceptors (Lipinski definition) is 3. The number of halogens is 2. The molecule has 0 bridgehead atoms. The Morgan fingerprint density at radius 1 is 0.950 bits per heavy atom.